The van der Waals surface area contributed by atoms with Crippen LogP contribution in [0.25, 0.3) is 22.3 Å². The molecule has 0 aliphatic heterocycles. The van der Waals surface area contributed by atoms with Gasteiger partial charge in [-0.2, -0.15) is 10.2 Å². The lowest BCUT2D eigenvalue weighted by atomic mass is 9.95. The molecule has 0 fully saturated rings. The van der Waals surface area contributed by atoms with Gasteiger partial charge in [0.2, 0.25) is 5.91 Å². The number of esters is 1. The van der Waals surface area contributed by atoms with Crippen LogP contribution in [0.3, 0.4) is 0 Å². The minimum absolute atomic E-state index is 0.179. The number of hydrogen-bond donors (Lipinski definition) is 1. The second-order valence-electron chi connectivity index (χ2n) is 8.70. The zero-order chi connectivity index (χ0) is 25.6. The second kappa shape index (κ2) is 9.41. The number of pyridine rings is 1. The van der Waals surface area contributed by atoms with Gasteiger partial charge < -0.3 is 10.1 Å². The average molecular weight is 515 g/mol. The molecule has 0 aromatic carbocycles. The Bertz CT molecular complexity index is 1490. The lowest BCUT2D eigenvalue weighted by molar-refractivity contribution is -0.116. The average Bonchev–Trinajstić information content (AvgIpc) is 3.53. The molecule has 9 nitrogen and oxygen atoms in total. The minimum atomic E-state index is -2.75. The van der Waals surface area contributed by atoms with Crippen molar-refractivity contribution in [2.75, 3.05) is 12.4 Å². The molecule has 0 bridgehead atoms. The SMILES string of the molecule is COC(=O)c1c(NC(=O)Cn2nc(C)c3c(C(F)F)cc(-c4cnn(C)c4)nc32)sc2c1CCCC2. The minimum Gasteiger partial charge on any atom is -0.465 e. The van der Waals surface area contributed by atoms with Crippen LogP contribution >= 0.6 is 11.3 Å². The van der Waals surface area contributed by atoms with Crippen LogP contribution in [0, 0.1) is 6.92 Å². The van der Waals surface area contributed by atoms with Crippen molar-refractivity contribution in [3.8, 4) is 11.3 Å². The zero-order valence-electron chi connectivity index (χ0n) is 20.0. The standard InChI is InChI=1S/C24H24F2N6O3S/c1-12-19-15(21(25)26)8-16(13-9-27-31(2)10-13)28-22(19)32(30-12)11-18(33)29-23-20(24(34)35-3)14-6-4-5-7-17(14)36-23/h8-10,21H,4-7,11H2,1-3H3,(H,29,33). The number of ether oxygens (including phenoxy) is 1. The summed E-state index contributed by atoms with van der Waals surface area (Å²) in [5, 5.41) is 11.9. The summed E-state index contributed by atoms with van der Waals surface area (Å²) >= 11 is 1.38. The number of nitrogens with zero attached hydrogens (tertiary/aromatic N) is 5. The lowest BCUT2D eigenvalue weighted by Gasteiger charge is -2.12. The van der Waals surface area contributed by atoms with Gasteiger partial charge in [-0.25, -0.2) is 23.2 Å². The van der Waals surface area contributed by atoms with Crippen molar-refractivity contribution in [2.45, 2.75) is 45.6 Å². The number of amides is 1. The Balaban J connectivity index is 1.51. The topological polar surface area (TPSA) is 104 Å². The Kier molecular flexibility index (Phi) is 6.29. The van der Waals surface area contributed by atoms with Gasteiger partial charge in [-0.1, -0.05) is 0 Å². The maximum atomic E-state index is 14.0. The zero-order valence-corrected chi connectivity index (χ0v) is 20.8. The third-order valence-corrected chi connectivity index (χ3v) is 7.46. The van der Waals surface area contributed by atoms with Crippen LogP contribution in [0.5, 0.6) is 0 Å². The predicted octanol–water partition coefficient (Wildman–Crippen LogP) is 4.44. The van der Waals surface area contributed by atoms with Gasteiger partial charge in [0.25, 0.3) is 6.43 Å². The van der Waals surface area contributed by atoms with Crippen molar-refractivity contribution in [1.29, 1.82) is 0 Å². The largest absolute Gasteiger partial charge is 0.465 e. The fourth-order valence-electron chi connectivity index (χ4n) is 4.64. The van der Waals surface area contributed by atoms with Gasteiger partial charge in [-0.05, 0) is 44.2 Å². The van der Waals surface area contributed by atoms with E-state index < -0.39 is 18.3 Å². The number of methoxy groups -OCH3 is 1. The third-order valence-electron chi connectivity index (χ3n) is 6.25. The van der Waals surface area contributed by atoms with E-state index in [1.54, 1.807) is 24.9 Å². The highest BCUT2D eigenvalue weighted by atomic mass is 32.1. The Morgan fingerprint density at radius 2 is 2.06 bits per heavy atom. The number of aromatic nitrogens is 5. The van der Waals surface area contributed by atoms with Crippen LogP contribution in [0.2, 0.25) is 0 Å². The highest BCUT2D eigenvalue weighted by Crippen LogP contribution is 2.39. The normalized spacial score (nSPS) is 13.3. The number of anilines is 1. The first-order valence-corrected chi connectivity index (χ1v) is 12.3. The summed E-state index contributed by atoms with van der Waals surface area (Å²) in [6.07, 6.45) is 4.06. The summed E-state index contributed by atoms with van der Waals surface area (Å²) in [7, 11) is 3.03. The molecule has 0 saturated heterocycles. The van der Waals surface area contributed by atoms with Crippen LogP contribution in [-0.2, 0) is 36.0 Å². The number of carbonyl (C=O) groups is 2. The first-order chi connectivity index (χ1) is 17.3. The molecule has 0 unspecified atom stereocenters. The number of fused-ring (bicyclic) bond motifs is 2. The van der Waals surface area contributed by atoms with Crippen molar-refractivity contribution in [3.63, 3.8) is 0 Å². The molecular weight excluding hydrogens is 490 g/mol. The summed E-state index contributed by atoms with van der Waals surface area (Å²) in [4.78, 5) is 31.2. The summed E-state index contributed by atoms with van der Waals surface area (Å²) in [6.45, 7) is 1.34. The maximum Gasteiger partial charge on any atom is 0.341 e. The molecule has 4 aromatic heterocycles. The van der Waals surface area contributed by atoms with E-state index in [2.05, 4.69) is 20.5 Å². The number of halogens is 2. The summed E-state index contributed by atoms with van der Waals surface area (Å²) < 4.78 is 35.8. The van der Waals surface area contributed by atoms with Crippen molar-refractivity contribution in [2.24, 2.45) is 7.05 Å². The molecule has 12 heteroatoms. The van der Waals surface area contributed by atoms with E-state index >= 15 is 0 Å². The number of carbonyl (C=O) groups excluding carboxylic acids is 2. The quantitative estimate of drug-likeness (QED) is 0.382. The molecule has 0 radical (unpaired) electrons. The monoisotopic (exact) mass is 514 g/mol. The Hall–Kier alpha value is -3.67. The molecule has 4 aromatic rings. The number of hydrogen-bond acceptors (Lipinski definition) is 7. The number of thiophene rings is 1. The van der Waals surface area contributed by atoms with Gasteiger partial charge in [-0.15, -0.1) is 11.3 Å². The van der Waals surface area contributed by atoms with Crippen molar-refractivity contribution in [1.82, 2.24) is 24.5 Å². The fourth-order valence-corrected chi connectivity index (χ4v) is 5.94. The molecule has 1 amide bonds. The van der Waals surface area contributed by atoms with Gasteiger partial charge in [0.05, 0.1) is 35.6 Å². The molecule has 0 atom stereocenters. The molecule has 1 N–H and O–H groups in total. The van der Waals surface area contributed by atoms with E-state index in [9.17, 15) is 18.4 Å². The first kappa shape index (κ1) is 24.0. The van der Waals surface area contributed by atoms with Crippen molar-refractivity contribution >= 4 is 39.2 Å². The van der Waals surface area contributed by atoms with Crippen molar-refractivity contribution < 1.29 is 23.1 Å². The summed E-state index contributed by atoms with van der Waals surface area (Å²) in [6, 6.07) is 1.34. The number of rotatable bonds is 6. The molecule has 1 aliphatic rings. The molecule has 36 heavy (non-hydrogen) atoms. The molecular formula is C24H24F2N6O3S. The highest BCUT2D eigenvalue weighted by Gasteiger charge is 2.28. The van der Waals surface area contributed by atoms with Crippen LogP contribution in [0.1, 0.15) is 51.3 Å². The second-order valence-corrected chi connectivity index (χ2v) is 9.80. The van der Waals surface area contributed by atoms with Gasteiger partial charge in [0.1, 0.15) is 11.5 Å². The number of nitrogens with one attached hydrogen (secondary N) is 1. The van der Waals surface area contributed by atoms with Gasteiger partial charge >= 0.3 is 5.97 Å². The van der Waals surface area contributed by atoms with Crippen LogP contribution < -0.4 is 5.32 Å². The fraction of sp³-hybridized carbons (Fsp3) is 0.375. The highest BCUT2D eigenvalue weighted by molar-refractivity contribution is 7.17. The van der Waals surface area contributed by atoms with Crippen LogP contribution in [0.15, 0.2) is 18.5 Å². The third kappa shape index (κ3) is 4.25. The summed E-state index contributed by atoms with van der Waals surface area (Å²) in [5.74, 6) is -0.940. The summed E-state index contributed by atoms with van der Waals surface area (Å²) in [5.41, 5.74) is 2.52. The van der Waals surface area contributed by atoms with E-state index in [0.717, 1.165) is 36.1 Å². The molecule has 1 aliphatic carbocycles. The predicted molar refractivity (Wildman–Crippen MR) is 130 cm³/mol. The Labute approximate surface area is 209 Å². The molecule has 4 heterocycles. The molecule has 188 valence electrons. The van der Waals surface area contributed by atoms with Crippen LogP contribution in [-0.4, -0.2) is 43.5 Å². The van der Waals surface area contributed by atoms with E-state index in [4.69, 9.17) is 4.74 Å². The van der Waals surface area contributed by atoms with Gasteiger partial charge in [-0.3, -0.25) is 9.48 Å². The molecule has 5 rings (SSSR count). The van der Waals surface area contributed by atoms with E-state index in [-0.39, 0.29) is 23.1 Å². The van der Waals surface area contributed by atoms with Crippen molar-refractivity contribution in [3.05, 3.63) is 45.7 Å². The van der Waals surface area contributed by atoms with E-state index in [1.165, 1.54) is 35.4 Å². The van der Waals surface area contributed by atoms with Crippen LogP contribution in [0.4, 0.5) is 13.8 Å². The Morgan fingerprint density at radius 3 is 2.75 bits per heavy atom. The number of aryl methyl sites for hydroxylation is 3. The smallest absolute Gasteiger partial charge is 0.341 e. The van der Waals surface area contributed by atoms with Gasteiger partial charge in [0.15, 0.2) is 5.65 Å². The molecule has 0 saturated carbocycles. The lowest BCUT2D eigenvalue weighted by Crippen LogP contribution is -2.21. The number of alkyl halides is 2. The molecule has 0 spiro atoms. The van der Waals surface area contributed by atoms with E-state index in [1.807, 2.05) is 0 Å². The Morgan fingerprint density at radius 1 is 1.28 bits per heavy atom. The van der Waals surface area contributed by atoms with Gasteiger partial charge in [0, 0.05) is 29.2 Å². The maximum absolute atomic E-state index is 14.0. The van der Waals surface area contributed by atoms with E-state index in [0.29, 0.717) is 27.5 Å². The first-order valence-electron chi connectivity index (χ1n) is 11.4.